The molecule has 1 heterocycles. The number of nitrogens with two attached hydrogens (primary N) is 1. The van der Waals surface area contributed by atoms with Crippen LogP contribution in [0.5, 0.6) is 0 Å². The van der Waals surface area contributed by atoms with Crippen molar-refractivity contribution in [2.45, 2.75) is 46.7 Å². The van der Waals surface area contributed by atoms with Gasteiger partial charge in [0.2, 0.25) is 0 Å². The van der Waals surface area contributed by atoms with Crippen molar-refractivity contribution in [3.05, 3.63) is 23.4 Å². The molecule has 1 aromatic heterocycles. The van der Waals surface area contributed by atoms with Gasteiger partial charge in [-0.05, 0) is 44.9 Å². The van der Waals surface area contributed by atoms with Crippen LogP contribution in [0.25, 0.3) is 0 Å². The van der Waals surface area contributed by atoms with E-state index < -0.39 is 0 Å². The van der Waals surface area contributed by atoms with E-state index in [9.17, 15) is 0 Å². The van der Waals surface area contributed by atoms with Gasteiger partial charge in [-0.25, -0.2) is 4.98 Å². The van der Waals surface area contributed by atoms with Gasteiger partial charge in [0.1, 0.15) is 5.82 Å². The van der Waals surface area contributed by atoms with Gasteiger partial charge in [0, 0.05) is 24.8 Å². The van der Waals surface area contributed by atoms with Gasteiger partial charge in [0.25, 0.3) is 0 Å². The minimum atomic E-state index is 0.518. The summed E-state index contributed by atoms with van der Waals surface area (Å²) in [6.07, 6.45) is 1.13. The second kappa shape index (κ2) is 5.85. The summed E-state index contributed by atoms with van der Waals surface area (Å²) in [6.45, 7) is 10.2. The van der Waals surface area contributed by atoms with Crippen LogP contribution in [0.2, 0.25) is 0 Å². The monoisotopic (exact) mass is 221 g/mol. The number of aryl methyl sites for hydroxylation is 1. The molecule has 3 heteroatoms. The first kappa shape index (κ1) is 13.0. The quantitative estimate of drug-likeness (QED) is 0.830. The van der Waals surface area contributed by atoms with Crippen LogP contribution >= 0.6 is 0 Å². The third-order valence-corrected chi connectivity index (χ3v) is 2.99. The summed E-state index contributed by atoms with van der Waals surface area (Å²) in [4.78, 5) is 6.92. The molecule has 0 saturated heterocycles. The lowest BCUT2D eigenvalue weighted by atomic mass is 10.2. The molecule has 1 rings (SSSR count). The molecular formula is C13H23N3. The normalized spacial score (nSPS) is 12.6. The minimum absolute atomic E-state index is 0.518. The lowest BCUT2D eigenvalue weighted by Crippen LogP contribution is -2.33. The van der Waals surface area contributed by atoms with Crippen LogP contribution in [0, 0.1) is 6.92 Å². The number of nitrogens with zero attached hydrogens (tertiary/aromatic N) is 2. The van der Waals surface area contributed by atoms with Gasteiger partial charge in [-0.2, -0.15) is 0 Å². The molecule has 0 aliphatic rings. The molecule has 2 N–H and O–H groups in total. The Bertz CT molecular complexity index is 336. The van der Waals surface area contributed by atoms with Gasteiger partial charge < -0.3 is 10.6 Å². The molecule has 0 amide bonds. The van der Waals surface area contributed by atoms with Crippen LogP contribution in [0.4, 0.5) is 5.82 Å². The van der Waals surface area contributed by atoms with Crippen LogP contribution in [0.3, 0.4) is 0 Å². The first-order valence-corrected chi connectivity index (χ1v) is 6.06. The summed E-state index contributed by atoms with van der Waals surface area (Å²) in [7, 11) is 0. The number of rotatable bonds is 5. The Labute approximate surface area is 98.7 Å². The van der Waals surface area contributed by atoms with Gasteiger partial charge >= 0.3 is 0 Å². The summed E-state index contributed by atoms with van der Waals surface area (Å²) in [6, 6.07) is 4.67. The smallest absolute Gasteiger partial charge is 0.129 e. The first-order valence-electron chi connectivity index (χ1n) is 6.06. The van der Waals surface area contributed by atoms with Crippen molar-refractivity contribution >= 4 is 5.82 Å². The van der Waals surface area contributed by atoms with Crippen molar-refractivity contribution in [2.75, 3.05) is 11.4 Å². The topological polar surface area (TPSA) is 42.1 Å². The number of anilines is 1. The minimum Gasteiger partial charge on any atom is -0.354 e. The van der Waals surface area contributed by atoms with E-state index in [1.807, 2.05) is 13.0 Å². The zero-order valence-corrected chi connectivity index (χ0v) is 10.8. The Morgan fingerprint density at radius 1 is 1.38 bits per heavy atom. The lowest BCUT2D eigenvalue weighted by molar-refractivity contribution is 0.622. The summed E-state index contributed by atoms with van der Waals surface area (Å²) < 4.78 is 0. The van der Waals surface area contributed by atoms with E-state index in [-0.39, 0.29) is 0 Å². The zero-order chi connectivity index (χ0) is 12.1. The number of pyridine rings is 1. The van der Waals surface area contributed by atoms with E-state index in [1.165, 1.54) is 0 Å². The molecule has 0 aromatic carbocycles. The molecular weight excluding hydrogens is 198 g/mol. The van der Waals surface area contributed by atoms with E-state index in [4.69, 9.17) is 5.73 Å². The molecule has 0 saturated carbocycles. The predicted molar refractivity (Wildman–Crippen MR) is 69.6 cm³/mol. The molecule has 0 aliphatic carbocycles. The fourth-order valence-corrected chi connectivity index (χ4v) is 1.91. The maximum atomic E-state index is 5.69. The highest BCUT2D eigenvalue weighted by Crippen LogP contribution is 2.18. The Morgan fingerprint density at radius 2 is 2.06 bits per heavy atom. The molecule has 90 valence electrons. The Morgan fingerprint density at radius 3 is 2.56 bits per heavy atom. The molecule has 3 nitrogen and oxygen atoms in total. The fraction of sp³-hybridized carbons (Fsp3) is 0.615. The maximum Gasteiger partial charge on any atom is 0.129 e. The van der Waals surface area contributed by atoms with Gasteiger partial charge in [-0.3, -0.25) is 0 Å². The van der Waals surface area contributed by atoms with E-state index in [1.54, 1.807) is 0 Å². The largest absolute Gasteiger partial charge is 0.354 e. The summed E-state index contributed by atoms with van der Waals surface area (Å²) in [5.41, 5.74) is 7.89. The van der Waals surface area contributed by atoms with Crippen LogP contribution in [-0.4, -0.2) is 17.6 Å². The molecule has 0 spiro atoms. The van der Waals surface area contributed by atoms with E-state index in [0.717, 1.165) is 30.0 Å². The van der Waals surface area contributed by atoms with Crippen molar-refractivity contribution in [3.63, 3.8) is 0 Å². The molecule has 0 radical (unpaired) electrons. The summed E-state index contributed by atoms with van der Waals surface area (Å²) in [5.74, 6) is 1.05. The second-order valence-electron chi connectivity index (χ2n) is 4.22. The molecule has 1 unspecified atom stereocenters. The highest BCUT2D eigenvalue weighted by atomic mass is 15.2. The van der Waals surface area contributed by atoms with Crippen LogP contribution in [-0.2, 0) is 6.54 Å². The van der Waals surface area contributed by atoms with Gasteiger partial charge in [0.15, 0.2) is 0 Å². The van der Waals surface area contributed by atoms with Crippen molar-refractivity contribution in [1.29, 1.82) is 0 Å². The first-order chi connectivity index (χ1) is 7.62. The zero-order valence-electron chi connectivity index (χ0n) is 10.8. The molecule has 0 bridgehead atoms. The SMILES string of the molecule is CCC(C)N(CC)c1cc(CN)cc(C)n1. The molecule has 1 atom stereocenters. The molecule has 0 fully saturated rings. The maximum absolute atomic E-state index is 5.69. The van der Waals surface area contributed by atoms with Crippen molar-refractivity contribution < 1.29 is 0 Å². The highest BCUT2D eigenvalue weighted by molar-refractivity contribution is 5.43. The van der Waals surface area contributed by atoms with E-state index in [2.05, 4.69) is 36.7 Å². The van der Waals surface area contributed by atoms with E-state index in [0.29, 0.717) is 12.6 Å². The standard InChI is InChI=1S/C13H23N3/c1-5-11(4)16(6-2)13-8-12(9-14)7-10(3)15-13/h7-8,11H,5-6,9,14H2,1-4H3. The summed E-state index contributed by atoms with van der Waals surface area (Å²) >= 11 is 0. The van der Waals surface area contributed by atoms with Gasteiger partial charge in [-0.1, -0.05) is 6.92 Å². The Hall–Kier alpha value is -1.09. The van der Waals surface area contributed by atoms with Gasteiger partial charge in [-0.15, -0.1) is 0 Å². The Kier molecular flexibility index (Phi) is 4.74. The van der Waals surface area contributed by atoms with E-state index >= 15 is 0 Å². The lowest BCUT2D eigenvalue weighted by Gasteiger charge is -2.29. The highest BCUT2D eigenvalue weighted by Gasteiger charge is 2.12. The number of hydrogen-bond acceptors (Lipinski definition) is 3. The molecule has 1 aromatic rings. The predicted octanol–water partition coefficient (Wildman–Crippen LogP) is 2.47. The number of aromatic nitrogens is 1. The van der Waals surface area contributed by atoms with Crippen LogP contribution < -0.4 is 10.6 Å². The average Bonchev–Trinajstić information content (AvgIpc) is 2.29. The van der Waals surface area contributed by atoms with Crippen molar-refractivity contribution in [2.24, 2.45) is 5.73 Å². The number of hydrogen-bond donors (Lipinski definition) is 1. The fourth-order valence-electron chi connectivity index (χ4n) is 1.91. The van der Waals surface area contributed by atoms with Crippen LogP contribution in [0.15, 0.2) is 12.1 Å². The molecule has 0 aliphatic heterocycles. The Balaban J connectivity index is 3.04. The molecule has 16 heavy (non-hydrogen) atoms. The third-order valence-electron chi connectivity index (χ3n) is 2.99. The van der Waals surface area contributed by atoms with Gasteiger partial charge in [0.05, 0.1) is 0 Å². The third kappa shape index (κ3) is 2.95. The van der Waals surface area contributed by atoms with Crippen molar-refractivity contribution in [3.8, 4) is 0 Å². The average molecular weight is 221 g/mol. The summed E-state index contributed by atoms with van der Waals surface area (Å²) in [5, 5.41) is 0. The van der Waals surface area contributed by atoms with Crippen LogP contribution in [0.1, 0.15) is 38.4 Å². The second-order valence-corrected chi connectivity index (χ2v) is 4.22. The van der Waals surface area contributed by atoms with Crippen molar-refractivity contribution in [1.82, 2.24) is 4.98 Å².